The van der Waals surface area contributed by atoms with Crippen molar-refractivity contribution >= 4 is 11.8 Å². The number of likely N-dealkylation sites (tertiary alicyclic amines) is 1. The summed E-state index contributed by atoms with van der Waals surface area (Å²) in [6.07, 6.45) is 4.50. The molecular formula is C19H20F2N4O3. The molecule has 9 heteroatoms. The molecule has 1 saturated heterocycles. The summed E-state index contributed by atoms with van der Waals surface area (Å²) in [5.74, 6) is -2.97. The van der Waals surface area contributed by atoms with Gasteiger partial charge in [0, 0.05) is 13.1 Å². The van der Waals surface area contributed by atoms with Gasteiger partial charge in [-0.25, -0.2) is 8.78 Å². The molecule has 1 aromatic carbocycles. The number of carbonyl (C=O) groups is 2. The Labute approximate surface area is 160 Å². The molecule has 2 fully saturated rings. The standard InChI is InChI=1S/C19H20F2N4O3/c1-11(18(27)25-8-6-19(4-5-19)7-9-25)22-16(26)15-23-17(28-24-15)13-10-12(20)2-3-14(13)21/h2-3,10-11H,4-9H2,1H3,(H,22,26). The van der Waals surface area contributed by atoms with Gasteiger partial charge in [0.05, 0.1) is 5.56 Å². The minimum Gasteiger partial charge on any atom is -0.341 e. The second-order valence-electron chi connectivity index (χ2n) is 7.57. The summed E-state index contributed by atoms with van der Waals surface area (Å²) in [5.41, 5.74) is 0.217. The third-order valence-electron chi connectivity index (χ3n) is 5.60. The Morgan fingerprint density at radius 1 is 1.21 bits per heavy atom. The number of carbonyl (C=O) groups excluding carboxylic acids is 2. The van der Waals surface area contributed by atoms with Crippen molar-refractivity contribution in [3.05, 3.63) is 35.7 Å². The van der Waals surface area contributed by atoms with E-state index in [1.54, 1.807) is 11.8 Å². The molecule has 1 aliphatic carbocycles. The van der Waals surface area contributed by atoms with Gasteiger partial charge < -0.3 is 14.7 Å². The van der Waals surface area contributed by atoms with Crippen LogP contribution in [0.2, 0.25) is 0 Å². The van der Waals surface area contributed by atoms with E-state index in [1.165, 1.54) is 12.8 Å². The molecule has 1 N–H and O–H groups in total. The van der Waals surface area contributed by atoms with Gasteiger partial charge in [-0.2, -0.15) is 4.98 Å². The molecule has 1 saturated carbocycles. The van der Waals surface area contributed by atoms with Crippen LogP contribution >= 0.6 is 0 Å². The first-order valence-corrected chi connectivity index (χ1v) is 9.26. The van der Waals surface area contributed by atoms with Crippen molar-refractivity contribution in [2.24, 2.45) is 5.41 Å². The first-order chi connectivity index (χ1) is 13.4. The highest BCUT2D eigenvalue weighted by Crippen LogP contribution is 2.53. The number of nitrogens with one attached hydrogen (secondary N) is 1. The van der Waals surface area contributed by atoms with Gasteiger partial charge in [0.15, 0.2) is 0 Å². The lowest BCUT2D eigenvalue weighted by molar-refractivity contribution is -0.134. The number of nitrogens with zero attached hydrogens (tertiary/aromatic N) is 3. The topological polar surface area (TPSA) is 88.3 Å². The predicted octanol–water partition coefficient (Wildman–Crippen LogP) is 2.54. The molecule has 0 bridgehead atoms. The van der Waals surface area contributed by atoms with Crippen LogP contribution < -0.4 is 5.32 Å². The molecule has 4 rings (SSSR count). The van der Waals surface area contributed by atoms with Gasteiger partial charge in [0.25, 0.3) is 17.6 Å². The predicted molar refractivity (Wildman–Crippen MR) is 94.1 cm³/mol. The zero-order chi connectivity index (χ0) is 19.9. The van der Waals surface area contributed by atoms with Crippen LogP contribution in [0.3, 0.4) is 0 Å². The molecule has 1 atom stereocenters. The SMILES string of the molecule is CC(NC(=O)c1noc(-c2cc(F)ccc2F)n1)C(=O)N1CCC2(CC1)CC2. The first-order valence-electron chi connectivity index (χ1n) is 9.26. The molecule has 148 valence electrons. The minimum absolute atomic E-state index is 0.163. The van der Waals surface area contributed by atoms with E-state index in [2.05, 4.69) is 15.5 Å². The van der Waals surface area contributed by atoms with Crippen molar-refractivity contribution in [1.29, 1.82) is 0 Å². The first kappa shape index (κ1) is 18.5. The number of hydrogen-bond acceptors (Lipinski definition) is 5. The van der Waals surface area contributed by atoms with Gasteiger partial charge in [-0.15, -0.1) is 0 Å². The van der Waals surface area contributed by atoms with Gasteiger partial charge in [-0.3, -0.25) is 9.59 Å². The van der Waals surface area contributed by atoms with E-state index in [9.17, 15) is 18.4 Å². The highest BCUT2D eigenvalue weighted by molar-refractivity contribution is 5.94. The normalized spacial score (nSPS) is 18.8. The fourth-order valence-corrected chi connectivity index (χ4v) is 3.56. The van der Waals surface area contributed by atoms with Gasteiger partial charge in [-0.1, -0.05) is 5.16 Å². The maximum Gasteiger partial charge on any atom is 0.293 e. The summed E-state index contributed by atoms with van der Waals surface area (Å²) in [5, 5.41) is 6.04. The van der Waals surface area contributed by atoms with Crippen molar-refractivity contribution in [3.8, 4) is 11.5 Å². The average molecular weight is 390 g/mol. The molecule has 2 aliphatic rings. The Balaban J connectivity index is 1.39. The zero-order valence-electron chi connectivity index (χ0n) is 15.4. The second kappa shape index (κ2) is 6.96. The van der Waals surface area contributed by atoms with Gasteiger partial charge in [0.1, 0.15) is 17.7 Å². The van der Waals surface area contributed by atoms with Crippen LogP contribution in [0, 0.1) is 17.0 Å². The number of aromatic nitrogens is 2. The summed E-state index contributed by atoms with van der Waals surface area (Å²) >= 11 is 0. The zero-order valence-corrected chi connectivity index (χ0v) is 15.4. The number of rotatable bonds is 4. The molecular weight excluding hydrogens is 370 g/mol. The van der Waals surface area contributed by atoms with Gasteiger partial charge in [-0.05, 0) is 56.2 Å². The summed E-state index contributed by atoms with van der Waals surface area (Å²) in [4.78, 5) is 30.5. The molecule has 28 heavy (non-hydrogen) atoms. The van der Waals surface area contributed by atoms with Gasteiger partial charge >= 0.3 is 0 Å². The summed E-state index contributed by atoms with van der Waals surface area (Å²) in [7, 11) is 0. The smallest absolute Gasteiger partial charge is 0.293 e. The number of amides is 2. The van der Waals surface area contributed by atoms with Crippen LogP contribution in [0.5, 0.6) is 0 Å². The van der Waals surface area contributed by atoms with Crippen molar-refractivity contribution in [2.75, 3.05) is 13.1 Å². The Kier molecular flexibility index (Phi) is 4.60. The van der Waals surface area contributed by atoms with E-state index >= 15 is 0 Å². The van der Waals surface area contributed by atoms with Crippen LogP contribution in [0.4, 0.5) is 8.78 Å². The van der Waals surface area contributed by atoms with E-state index in [4.69, 9.17) is 4.52 Å². The van der Waals surface area contributed by atoms with Crippen molar-refractivity contribution in [1.82, 2.24) is 20.4 Å². The Hall–Kier alpha value is -2.84. The maximum atomic E-state index is 13.8. The van der Waals surface area contributed by atoms with Crippen molar-refractivity contribution in [2.45, 2.75) is 38.6 Å². The van der Waals surface area contributed by atoms with Crippen LogP contribution in [0.15, 0.2) is 22.7 Å². The molecule has 0 radical (unpaired) electrons. The lowest BCUT2D eigenvalue weighted by Crippen LogP contribution is -2.49. The Morgan fingerprint density at radius 2 is 1.93 bits per heavy atom. The van der Waals surface area contributed by atoms with E-state index in [0.29, 0.717) is 18.5 Å². The number of halogens is 2. The summed E-state index contributed by atoms with van der Waals surface area (Å²) in [6, 6.07) is 2.04. The number of hydrogen-bond donors (Lipinski definition) is 1. The van der Waals surface area contributed by atoms with Crippen LogP contribution in [-0.2, 0) is 4.79 Å². The number of piperidine rings is 1. The average Bonchev–Trinajstić information content (AvgIpc) is 3.25. The third-order valence-corrected chi connectivity index (χ3v) is 5.60. The number of benzene rings is 1. The van der Waals surface area contributed by atoms with Crippen molar-refractivity contribution < 1.29 is 22.9 Å². The lowest BCUT2D eigenvalue weighted by atomic mass is 9.93. The summed E-state index contributed by atoms with van der Waals surface area (Å²) < 4.78 is 32.0. The minimum atomic E-state index is -0.756. The van der Waals surface area contributed by atoms with E-state index in [-0.39, 0.29) is 23.2 Å². The van der Waals surface area contributed by atoms with Gasteiger partial charge in [0.2, 0.25) is 5.91 Å². The molecule has 2 amide bonds. The summed E-state index contributed by atoms with van der Waals surface area (Å²) in [6.45, 7) is 2.99. The molecule has 1 spiro atoms. The maximum absolute atomic E-state index is 13.8. The fraction of sp³-hybridized carbons (Fsp3) is 0.474. The molecule has 7 nitrogen and oxygen atoms in total. The molecule has 1 aliphatic heterocycles. The molecule has 1 unspecified atom stereocenters. The molecule has 2 heterocycles. The fourth-order valence-electron chi connectivity index (χ4n) is 3.56. The Morgan fingerprint density at radius 3 is 2.61 bits per heavy atom. The highest BCUT2D eigenvalue weighted by atomic mass is 19.1. The van der Waals surface area contributed by atoms with E-state index in [1.807, 2.05) is 0 Å². The molecule has 2 aromatic rings. The van der Waals surface area contributed by atoms with Crippen LogP contribution in [0.1, 0.15) is 43.2 Å². The van der Waals surface area contributed by atoms with E-state index < -0.39 is 23.6 Å². The van der Waals surface area contributed by atoms with Crippen LogP contribution in [0.25, 0.3) is 11.5 Å². The van der Waals surface area contributed by atoms with Crippen LogP contribution in [-0.4, -0.2) is 46.0 Å². The third kappa shape index (κ3) is 3.61. The monoisotopic (exact) mass is 390 g/mol. The lowest BCUT2D eigenvalue weighted by Gasteiger charge is -2.33. The Bertz CT molecular complexity index is 916. The molecule has 1 aromatic heterocycles. The highest BCUT2D eigenvalue weighted by Gasteiger charge is 2.45. The second-order valence-corrected chi connectivity index (χ2v) is 7.57. The van der Waals surface area contributed by atoms with Crippen molar-refractivity contribution in [3.63, 3.8) is 0 Å². The largest absolute Gasteiger partial charge is 0.341 e. The van der Waals surface area contributed by atoms with E-state index in [0.717, 1.165) is 31.0 Å². The quantitative estimate of drug-likeness (QED) is 0.867.